The molecule has 1 atom stereocenters. The molecule has 9 nitrogen and oxygen atoms in total. The van der Waals surface area contributed by atoms with E-state index in [0.717, 1.165) is 17.3 Å². The predicted octanol–water partition coefficient (Wildman–Crippen LogP) is 4.90. The quantitative estimate of drug-likeness (QED) is 0.355. The van der Waals surface area contributed by atoms with Gasteiger partial charge in [-0.25, -0.2) is 19.0 Å². The summed E-state index contributed by atoms with van der Waals surface area (Å²) in [6, 6.07) is 18.1. The Balaban J connectivity index is 1.55. The maximum Gasteiger partial charge on any atom is 0.338 e. The number of carbonyl (C=O) groups is 4. The van der Waals surface area contributed by atoms with Crippen molar-refractivity contribution in [3.63, 3.8) is 0 Å². The average Bonchev–Trinajstić information content (AvgIpc) is 2.94. The summed E-state index contributed by atoms with van der Waals surface area (Å²) in [5.74, 6) is -2.62. The number of ether oxygens (including phenoxy) is 1. The molecule has 0 aromatic heterocycles. The van der Waals surface area contributed by atoms with Gasteiger partial charge in [0.25, 0.3) is 0 Å². The highest BCUT2D eigenvalue weighted by Crippen LogP contribution is 2.30. The van der Waals surface area contributed by atoms with Crippen LogP contribution in [0.5, 0.6) is 0 Å². The first-order valence-electron chi connectivity index (χ1n) is 12.4. The lowest BCUT2D eigenvalue weighted by atomic mass is 10.1. The molecule has 11 heteroatoms. The van der Waals surface area contributed by atoms with Gasteiger partial charge in [-0.3, -0.25) is 14.5 Å². The van der Waals surface area contributed by atoms with Crippen LogP contribution in [0.1, 0.15) is 39.6 Å². The Hall–Kier alpha value is -4.51. The van der Waals surface area contributed by atoms with E-state index in [-0.39, 0.29) is 36.9 Å². The van der Waals surface area contributed by atoms with Crippen molar-refractivity contribution < 1.29 is 33.4 Å². The van der Waals surface area contributed by atoms with Crippen molar-refractivity contribution in [2.45, 2.75) is 25.0 Å². The molecule has 40 heavy (non-hydrogen) atoms. The highest BCUT2D eigenvalue weighted by molar-refractivity contribution is 8.15. The van der Waals surface area contributed by atoms with Crippen molar-refractivity contribution in [3.8, 4) is 0 Å². The number of carboxylic acid groups (broad SMARTS) is 1. The van der Waals surface area contributed by atoms with E-state index in [1.807, 2.05) is 0 Å². The molecule has 206 valence electrons. The number of nitrogens with one attached hydrogen (secondary N) is 1. The number of carbonyl (C=O) groups excluding carboxylic acids is 3. The van der Waals surface area contributed by atoms with E-state index in [1.165, 1.54) is 41.3 Å². The smallest absolute Gasteiger partial charge is 0.338 e. The molecular weight excluding hydrogens is 537 g/mol. The Morgan fingerprint density at radius 3 is 2.30 bits per heavy atom. The molecule has 1 aliphatic heterocycles. The fraction of sp³-hybridized carbons (Fsp3) is 0.207. The molecule has 0 radical (unpaired) electrons. The van der Waals surface area contributed by atoms with Crippen LogP contribution in [0.3, 0.4) is 0 Å². The Morgan fingerprint density at radius 2 is 1.68 bits per heavy atom. The van der Waals surface area contributed by atoms with Gasteiger partial charge < -0.3 is 15.2 Å². The number of nitrogens with zero attached hydrogens (tertiary/aromatic N) is 2. The number of hydrogen-bond donors (Lipinski definition) is 2. The lowest BCUT2D eigenvalue weighted by molar-refractivity contribution is -0.129. The van der Waals surface area contributed by atoms with E-state index >= 15 is 0 Å². The topological polar surface area (TPSA) is 125 Å². The largest absolute Gasteiger partial charge is 0.478 e. The number of amidine groups is 1. The first-order chi connectivity index (χ1) is 19.2. The zero-order chi connectivity index (χ0) is 28.6. The highest BCUT2D eigenvalue weighted by atomic mass is 32.2. The van der Waals surface area contributed by atoms with Crippen molar-refractivity contribution in [1.82, 2.24) is 4.90 Å². The zero-order valence-electron chi connectivity index (χ0n) is 21.5. The van der Waals surface area contributed by atoms with E-state index in [4.69, 9.17) is 9.84 Å². The SMILES string of the molecule is CCOC(=O)c1ccc(N=C2SC(C(=O)Nc3ccc(C(=O)O)cc3)CC(=O)N2CCc2ccc(F)cc2)cc1. The van der Waals surface area contributed by atoms with Crippen LogP contribution in [0.2, 0.25) is 0 Å². The lowest BCUT2D eigenvalue weighted by Crippen LogP contribution is -2.46. The number of rotatable bonds is 9. The van der Waals surface area contributed by atoms with Gasteiger partial charge in [-0.1, -0.05) is 23.9 Å². The van der Waals surface area contributed by atoms with Gasteiger partial charge in [-0.2, -0.15) is 0 Å². The number of anilines is 1. The number of esters is 1. The predicted molar refractivity (Wildman–Crippen MR) is 149 cm³/mol. The molecule has 0 aliphatic carbocycles. The third-order valence-electron chi connectivity index (χ3n) is 5.97. The second-order valence-electron chi connectivity index (χ2n) is 8.77. The summed E-state index contributed by atoms with van der Waals surface area (Å²) in [5.41, 5.74) is 2.15. The molecule has 1 aliphatic rings. The summed E-state index contributed by atoms with van der Waals surface area (Å²) in [7, 11) is 0. The molecule has 1 fully saturated rings. The first kappa shape index (κ1) is 28.5. The number of benzene rings is 3. The van der Waals surface area contributed by atoms with Crippen molar-refractivity contribution >= 4 is 52.1 Å². The molecule has 0 spiro atoms. The Bertz CT molecular complexity index is 1430. The van der Waals surface area contributed by atoms with Crippen LogP contribution in [0.4, 0.5) is 15.8 Å². The molecule has 2 amide bonds. The molecule has 1 unspecified atom stereocenters. The highest BCUT2D eigenvalue weighted by Gasteiger charge is 2.36. The van der Waals surface area contributed by atoms with Crippen LogP contribution in [0.25, 0.3) is 0 Å². The summed E-state index contributed by atoms with van der Waals surface area (Å²) < 4.78 is 18.3. The van der Waals surface area contributed by atoms with Gasteiger partial charge >= 0.3 is 11.9 Å². The maximum atomic E-state index is 13.3. The lowest BCUT2D eigenvalue weighted by Gasteiger charge is -2.32. The molecule has 2 N–H and O–H groups in total. The van der Waals surface area contributed by atoms with Gasteiger partial charge in [0.1, 0.15) is 11.1 Å². The van der Waals surface area contributed by atoms with Crippen molar-refractivity contribution in [2.24, 2.45) is 4.99 Å². The minimum Gasteiger partial charge on any atom is -0.478 e. The Morgan fingerprint density at radius 1 is 1.02 bits per heavy atom. The Labute approximate surface area is 234 Å². The van der Waals surface area contributed by atoms with Crippen LogP contribution in [0, 0.1) is 5.82 Å². The summed E-state index contributed by atoms with van der Waals surface area (Å²) >= 11 is 1.13. The fourth-order valence-electron chi connectivity index (χ4n) is 3.87. The van der Waals surface area contributed by atoms with Crippen LogP contribution < -0.4 is 5.32 Å². The summed E-state index contributed by atoms with van der Waals surface area (Å²) in [6.45, 7) is 2.23. The second-order valence-corrected chi connectivity index (χ2v) is 9.94. The van der Waals surface area contributed by atoms with Crippen molar-refractivity contribution in [1.29, 1.82) is 0 Å². The van der Waals surface area contributed by atoms with E-state index in [2.05, 4.69) is 10.3 Å². The van der Waals surface area contributed by atoms with Gasteiger partial charge in [-0.05, 0) is 79.6 Å². The molecule has 1 saturated heterocycles. The van der Waals surface area contributed by atoms with Crippen LogP contribution >= 0.6 is 11.8 Å². The van der Waals surface area contributed by atoms with Crippen molar-refractivity contribution in [3.05, 3.63) is 95.3 Å². The van der Waals surface area contributed by atoms with Gasteiger partial charge in [0.15, 0.2) is 5.17 Å². The van der Waals surface area contributed by atoms with E-state index in [0.29, 0.717) is 28.5 Å². The van der Waals surface area contributed by atoms with E-state index in [1.54, 1.807) is 43.3 Å². The normalized spacial score (nSPS) is 16.1. The summed E-state index contributed by atoms with van der Waals surface area (Å²) in [6.07, 6.45) is 0.369. The van der Waals surface area contributed by atoms with Crippen molar-refractivity contribution in [2.75, 3.05) is 18.5 Å². The third-order valence-corrected chi connectivity index (χ3v) is 7.16. The number of amides is 2. The monoisotopic (exact) mass is 563 g/mol. The number of thioether (sulfide) groups is 1. The van der Waals surface area contributed by atoms with Crippen LogP contribution in [-0.2, 0) is 20.7 Å². The third kappa shape index (κ3) is 7.32. The zero-order valence-corrected chi connectivity index (χ0v) is 22.3. The first-order valence-corrected chi connectivity index (χ1v) is 13.3. The molecular formula is C29H26FN3O6S. The summed E-state index contributed by atoms with van der Waals surface area (Å²) in [5, 5.41) is 11.3. The number of halogens is 1. The standard InChI is InChI=1S/C29H26FN3O6S/c1-2-39-28(38)20-7-13-23(14-8-20)32-29-33(16-15-18-3-9-21(30)10-4-18)25(34)17-24(40-29)26(35)31-22-11-5-19(6-12-22)27(36)37/h3-14,24H,2,15-17H2,1H3,(H,31,35)(H,36,37). The van der Waals surface area contributed by atoms with Gasteiger partial charge in [-0.15, -0.1) is 0 Å². The number of hydrogen-bond acceptors (Lipinski definition) is 7. The number of aliphatic imine (C=N–C) groups is 1. The van der Waals surface area contributed by atoms with Gasteiger partial charge in [0.2, 0.25) is 11.8 Å². The minimum absolute atomic E-state index is 0.0755. The van der Waals surface area contributed by atoms with Crippen LogP contribution in [-0.4, -0.2) is 57.3 Å². The van der Waals surface area contributed by atoms with Gasteiger partial charge in [0.05, 0.1) is 23.4 Å². The maximum absolute atomic E-state index is 13.3. The fourth-order valence-corrected chi connectivity index (χ4v) is 4.99. The molecule has 0 bridgehead atoms. The average molecular weight is 564 g/mol. The molecule has 4 rings (SSSR count). The summed E-state index contributed by atoms with van der Waals surface area (Å²) in [4.78, 5) is 55.5. The molecule has 3 aromatic carbocycles. The van der Waals surface area contributed by atoms with E-state index < -0.39 is 23.1 Å². The van der Waals surface area contributed by atoms with Crippen LogP contribution in [0.15, 0.2) is 77.8 Å². The van der Waals surface area contributed by atoms with Gasteiger partial charge in [0, 0.05) is 18.7 Å². The van der Waals surface area contributed by atoms with E-state index in [9.17, 15) is 23.6 Å². The minimum atomic E-state index is -1.08. The molecule has 0 saturated carbocycles. The second kappa shape index (κ2) is 13.0. The number of carboxylic acids is 1. The molecule has 1 heterocycles. The number of aromatic carboxylic acids is 1. The molecule has 3 aromatic rings. The Kier molecular flexibility index (Phi) is 9.28.